The number of nitrogens with one attached hydrogen (secondary N) is 2. The first-order valence-corrected chi connectivity index (χ1v) is 8.15. The van der Waals surface area contributed by atoms with Gasteiger partial charge in [-0.15, -0.1) is 24.0 Å². The van der Waals surface area contributed by atoms with E-state index in [0.717, 1.165) is 38.2 Å². The van der Waals surface area contributed by atoms with Crippen LogP contribution in [0.1, 0.15) is 17.5 Å². The van der Waals surface area contributed by atoms with Crippen LogP contribution in [-0.4, -0.2) is 58.3 Å². The Morgan fingerprint density at radius 1 is 1.23 bits per heavy atom. The molecule has 150 valence electrons. The van der Waals surface area contributed by atoms with Crippen LogP contribution in [0.4, 0.5) is 13.2 Å². The number of hydrogen-bond donors (Lipinski definition) is 2. The zero-order valence-corrected chi connectivity index (χ0v) is 17.7. The number of ether oxygens (including phenoxy) is 1. The van der Waals surface area contributed by atoms with Crippen LogP contribution in [0.5, 0.6) is 0 Å². The molecular weight excluding hydrogens is 460 g/mol. The molecule has 0 amide bonds. The monoisotopic (exact) mass is 488 g/mol. The van der Waals surface area contributed by atoms with Gasteiger partial charge in [-0.2, -0.15) is 13.2 Å². The van der Waals surface area contributed by atoms with Gasteiger partial charge < -0.3 is 20.3 Å². The summed E-state index contributed by atoms with van der Waals surface area (Å²) < 4.78 is 43.2. The molecule has 0 aliphatic heterocycles. The molecule has 1 aromatic carbocycles. The molecule has 26 heavy (non-hydrogen) atoms. The Morgan fingerprint density at radius 3 is 2.58 bits per heavy atom. The van der Waals surface area contributed by atoms with Crippen LogP contribution in [0.15, 0.2) is 29.3 Å². The van der Waals surface area contributed by atoms with Gasteiger partial charge in [0, 0.05) is 46.9 Å². The highest BCUT2D eigenvalue weighted by Crippen LogP contribution is 2.29. The maximum Gasteiger partial charge on any atom is 0.416 e. The van der Waals surface area contributed by atoms with Gasteiger partial charge in [-0.1, -0.05) is 12.1 Å². The lowest BCUT2D eigenvalue weighted by molar-refractivity contribution is -0.137. The number of nitrogens with zero attached hydrogens (tertiary/aromatic N) is 2. The lowest BCUT2D eigenvalue weighted by Gasteiger charge is -2.18. The van der Waals surface area contributed by atoms with Crippen LogP contribution in [0.2, 0.25) is 0 Å². The van der Waals surface area contributed by atoms with Gasteiger partial charge in [0.1, 0.15) is 0 Å². The minimum atomic E-state index is -4.33. The smallest absolute Gasteiger partial charge is 0.385 e. The highest BCUT2D eigenvalue weighted by molar-refractivity contribution is 14.0. The van der Waals surface area contributed by atoms with Gasteiger partial charge in [0.2, 0.25) is 0 Å². The molecule has 0 saturated heterocycles. The van der Waals surface area contributed by atoms with Crippen LogP contribution in [0.3, 0.4) is 0 Å². The summed E-state index contributed by atoms with van der Waals surface area (Å²) >= 11 is 0. The van der Waals surface area contributed by atoms with Gasteiger partial charge in [0.05, 0.1) is 5.56 Å². The first-order chi connectivity index (χ1) is 11.9. The maximum atomic E-state index is 12.7. The van der Waals surface area contributed by atoms with Crippen LogP contribution in [-0.2, 0) is 17.5 Å². The van der Waals surface area contributed by atoms with Crippen molar-refractivity contribution in [2.45, 2.75) is 19.1 Å². The van der Waals surface area contributed by atoms with Crippen molar-refractivity contribution < 1.29 is 17.9 Å². The van der Waals surface area contributed by atoms with Crippen LogP contribution in [0.25, 0.3) is 0 Å². The third-order valence-corrected chi connectivity index (χ3v) is 3.61. The molecule has 1 rings (SSSR count). The molecule has 1 aromatic rings. The molecule has 0 bridgehead atoms. The molecule has 0 fully saturated rings. The molecule has 0 atom stereocenters. The first kappa shape index (κ1) is 24.9. The van der Waals surface area contributed by atoms with Gasteiger partial charge in [0.15, 0.2) is 5.96 Å². The van der Waals surface area contributed by atoms with Gasteiger partial charge in [-0.05, 0) is 31.2 Å². The highest BCUT2D eigenvalue weighted by atomic mass is 127. The fraction of sp³-hybridized carbons (Fsp3) is 0.588. The normalized spacial score (nSPS) is 12.0. The topological polar surface area (TPSA) is 48.9 Å². The molecule has 2 N–H and O–H groups in total. The van der Waals surface area contributed by atoms with E-state index in [1.807, 2.05) is 7.05 Å². The minimum absolute atomic E-state index is 0. The van der Waals surface area contributed by atoms with Crippen molar-refractivity contribution in [1.82, 2.24) is 15.5 Å². The molecule has 0 aliphatic carbocycles. The number of methoxy groups -OCH3 is 1. The molecule has 0 radical (unpaired) electrons. The standard InChI is InChI=1S/C17H27F3N4O.HI/c1-21-16(22-8-10-24(2)9-5-11-25-3)23-13-14-6-4-7-15(12-14)17(18,19)20;/h4,6-7,12H,5,8-11,13H2,1-3H3,(H2,21,22,23);1H. The predicted octanol–water partition coefficient (Wildman–Crippen LogP) is 2.96. The Bertz CT molecular complexity index is 541. The van der Waals surface area contributed by atoms with E-state index in [-0.39, 0.29) is 30.5 Å². The van der Waals surface area contributed by atoms with E-state index in [9.17, 15) is 13.2 Å². The fourth-order valence-electron chi connectivity index (χ4n) is 2.22. The number of hydrogen-bond acceptors (Lipinski definition) is 3. The Balaban J connectivity index is 0.00000625. The summed E-state index contributed by atoms with van der Waals surface area (Å²) in [5, 5.41) is 6.17. The summed E-state index contributed by atoms with van der Waals surface area (Å²) in [5.74, 6) is 0.558. The maximum absolute atomic E-state index is 12.7. The third kappa shape index (κ3) is 10.2. The van der Waals surface area contributed by atoms with Crippen molar-refractivity contribution in [3.05, 3.63) is 35.4 Å². The van der Waals surface area contributed by atoms with Crippen LogP contribution < -0.4 is 10.6 Å². The lowest BCUT2D eigenvalue weighted by atomic mass is 10.1. The van der Waals surface area contributed by atoms with Crippen molar-refractivity contribution in [3.8, 4) is 0 Å². The van der Waals surface area contributed by atoms with Gasteiger partial charge in [-0.3, -0.25) is 4.99 Å². The minimum Gasteiger partial charge on any atom is -0.385 e. The van der Waals surface area contributed by atoms with E-state index in [4.69, 9.17) is 4.74 Å². The van der Waals surface area contributed by atoms with Crippen LogP contribution >= 0.6 is 24.0 Å². The summed E-state index contributed by atoms with van der Waals surface area (Å²) in [6, 6.07) is 5.27. The van der Waals surface area contributed by atoms with E-state index >= 15 is 0 Å². The second-order valence-corrected chi connectivity index (χ2v) is 5.70. The Kier molecular flexibility index (Phi) is 12.6. The Morgan fingerprint density at radius 2 is 1.96 bits per heavy atom. The van der Waals surface area contributed by atoms with Crippen molar-refractivity contribution >= 4 is 29.9 Å². The van der Waals surface area contributed by atoms with Gasteiger partial charge in [-0.25, -0.2) is 0 Å². The Hall–Kier alpha value is -1.07. The molecule has 0 saturated carbocycles. The fourth-order valence-corrected chi connectivity index (χ4v) is 2.22. The van der Waals surface area contributed by atoms with Gasteiger partial charge >= 0.3 is 6.18 Å². The number of rotatable bonds is 9. The summed E-state index contributed by atoms with van der Waals surface area (Å²) in [4.78, 5) is 6.25. The zero-order valence-electron chi connectivity index (χ0n) is 15.4. The molecule has 5 nitrogen and oxygen atoms in total. The number of halogens is 4. The molecule has 0 aliphatic rings. The van der Waals surface area contributed by atoms with Crippen molar-refractivity contribution in [2.24, 2.45) is 4.99 Å². The average Bonchev–Trinajstić information content (AvgIpc) is 2.57. The third-order valence-electron chi connectivity index (χ3n) is 3.61. The number of aliphatic imine (C=N–C) groups is 1. The second kappa shape index (κ2) is 13.2. The molecule has 0 aromatic heterocycles. The zero-order chi connectivity index (χ0) is 18.7. The number of alkyl halides is 3. The number of benzene rings is 1. The summed E-state index contributed by atoms with van der Waals surface area (Å²) in [6.07, 6.45) is -3.36. The van der Waals surface area contributed by atoms with Crippen molar-refractivity contribution in [1.29, 1.82) is 0 Å². The van der Waals surface area contributed by atoms with Gasteiger partial charge in [0.25, 0.3) is 0 Å². The predicted molar refractivity (Wildman–Crippen MR) is 109 cm³/mol. The van der Waals surface area contributed by atoms with E-state index in [2.05, 4.69) is 20.5 Å². The SMILES string of the molecule is CN=C(NCCN(C)CCCOC)NCc1cccc(C(F)(F)F)c1.I. The number of guanidine groups is 1. The highest BCUT2D eigenvalue weighted by Gasteiger charge is 2.30. The van der Waals surface area contributed by atoms with Crippen molar-refractivity contribution in [3.63, 3.8) is 0 Å². The van der Waals surface area contributed by atoms with E-state index in [1.54, 1.807) is 20.2 Å². The van der Waals surface area contributed by atoms with E-state index in [1.165, 1.54) is 6.07 Å². The number of likely N-dealkylation sites (N-methyl/N-ethyl adjacent to an activating group) is 1. The summed E-state index contributed by atoms with van der Waals surface area (Å²) in [7, 11) is 5.33. The first-order valence-electron chi connectivity index (χ1n) is 8.15. The average molecular weight is 488 g/mol. The second-order valence-electron chi connectivity index (χ2n) is 5.70. The quantitative estimate of drug-likeness (QED) is 0.243. The molecule has 0 spiro atoms. The molecular formula is C17H28F3IN4O. The summed E-state index contributed by atoms with van der Waals surface area (Å²) in [6.45, 7) is 3.46. The molecule has 9 heteroatoms. The van der Waals surface area contributed by atoms with Crippen molar-refractivity contribution in [2.75, 3.05) is 47.4 Å². The molecule has 0 heterocycles. The largest absolute Gasteiger partial charge is 0.416 e. The van der Waals surface area contributed by atoms with E-state index < -0.39 is 11.7 Å². The summed E-state index contributed by atoms with van der Waals surface area (Å²) in [5.41, 5.74) is -0.0955. The molecule has 0 unspecified atom stereocenters. The Labute approximate surface area is 170 Å². The van der Waals surface area contributed by atoms with Crippen LogP contribution in [0, 0.1) is 0 Å². The van der Waals surface area contributed by atoms with E-state index in [0.29, 0.717) is 18.1 Å². The lowest BCUT2D eigenvalue weighted by Crippen LogP contribution is -2.40.